The molecule has 29 heavy (non-hydrogen) atoms. The minimum Gasteiger partial charge on any atom is -0.461 e. The van der Waals surface area contributed by atoms with Crippen molar-refractivity contribution in [2.45, 2.75) is 83.3 Å². The van der Waals surface area contributed by atoms with Crippen LogP contribution in [0.5, 0.6) is 0 Å². The summed E-state index contributed by atoms with van der Waals surface area (Å²) < 4.78 is 17.3. The van der Waals surface area contributed by atoms with Gasteiger partial charge in [-0.05, 0) is 62.7 Å². The molecule has 160 valence electrons. The lowest BCUT2D eigenvalue weighted by Gasteiger charge is -2.60. The predicted molar refractivity (Wildman–Crippen MR) is 105 cm³/mol. The second-order valence-electron chi connectivity index (χ2n) is 11.1. The third-order valence-corrected chi connectivity index (χ3v) is 7.28. The van der Waals surface area contributed by atoms with Gasteiger partial charge in [-0.3, -0.25) is 9.59 Å². The zero-order chi connectivity index (χ0) is 21.1. The van der Waals surface area contributed by atoms with Gasteiger partial charge in [-0.2, -0.15) is 0 Å². The van der Waals surface area contributed by atoms with Crippen molar-refractivity contribution in [3.63, 3.8) is 0 Å². The Morgan fingerprint density at radius 1 is 1.07 bits per heavy atom. The van der Waals surface area contributed by atoms with Crippen molar-refractivity contribution in [1.82, 2.24) is 0 Å². The number of carbonyl (C=O) groups is 3. The molecule has 5 rings (SSSR count). The topological polar surface area (TPSA) is 78.9 Å². The van der Waals surface area contributed by atoms with Gasteiger partial charge in [0.2, 0.25) is 0 Å². The summed E-state index contributed by atoms with van der Waals surface area (Å²) in [5, 5.41) is 0. The molecule has 0 spiro atoms. The molecule has 1 heterocycles. The van der Waals surface area contributed by atoms with E-state index in [1.807, 2.05) is 20.8 Å². The number of hydrogen-bond acceptors (Lipinski definition) is 6. The van der Waals surface area contributed by atoms with Crippen LogP contribution < -0.4 is 0 Å². The van der Waals surface area contributed by atoms with Crippen molar-refractivity contribution in [2.75, 3.05) is 6.61 Å². The molecule has 4 saturated carbocycles. The van der Waals surface area contributed by atoms with E-state index < -0.39 is 22.6 Å². The van der Waals surface area contributed by atoms with Gasteiger partial charge in [-0.15, -0.1) is 0 Å². The summed E-state index contributed by atoms with van der Waals surface area (Å²) in [5.74, 6) is -0.142. The zero-order valence-electron chi connectivity index (χ0n) is 17.8. The van der Waals surface area contributed by atoms with Crippen molar-refractivity contribution in [2.24, 2.45) is 22.7 Å². The summed E-state index contributed by atoms with van der Waals surface area (Å²) >= 11 is 0. The average molecular weight is 405 g/mol. The van der Waals surface area contributed by atoms with Crippen molar-refractivity contribution >= 4 is 17.9 Å². The molecule has 1 saturated heterocycles. The first-order chi connectivity index (χ1) is 13.5. The van der Waals surface area contributed by atoms with E-state index in [1.165, 1.54) is 6.08 Å². The van der Waals surface area contributed by atoms with Crippen LogP contribution in [-0.4, -0.2) is 35.7 Å². The van der Waals surface area contributed by atoms with E-state index >= 15 is 0 Å². The lowest BCUT2D eigenvalue weighted by atomic mass is 9.48. The second-order valence-corrected chi connectivity index (χ2v) is 11.1. The largest absolute Gasteiger partial charge is 0.461 e. The van der Waals surface area contributed by atoms with Crippen LogP contribution in [0, 0.1) is 22.7 Å². The lowest BCUT2D eigenvalue weighted by Crippen LogP contribution is -2.60. The molecule has 0 N–H and O–H groups in total. The Morgan fingerprint density at radius 2 is 1.72 bits per heavy atom. The summed E-state index contributed by atoms with van der Waals surface area (Å²) in [6, 6.07) is 0. The van der Waals surface area contributed by atoms with E-state index in [1.54, 1.807) is 0 Å². The second kappa shape index (κ2) is 6.58. The number of esters is 3. The Balaban J connectivity index is 1.56. The molecule has 4 aliphatic carbocycles. The lowest BCUT2D eigenvalue weighted by molar-refractivity contribution is -0.219. The molecular weight excluding hydrogens is 372 g/mol. The van der Waals surface area contributed by atoms with Gasteiger partial charge in [0.25, 0.3) is 0 Å². The molecule has 3 unspecified atom stereocenters. The number of rotatable bonds is 4. The third-order valence-electron chi connectivity index (χ3n) is 7.28. The Labute approximate surface area is 172 Å². The molecule has 0 aromatic heterocycles. The SMILES string of the molecule is C=CC(=O)OC12CC3CC(C1)CC(C(=O)OC1(C)COC(=O)CC(C)(C)C1)(C3)C2. The highest BCUT2D eigenvalue weighted by Crippen LogP contribution is 2.63. The molecule has 4 bridgehead atoms. The highest BCUT2D eigenvalue weighted by Gasteiger charge is 2.63. The first kappa shape index (κ1) is 20.4. The van der Waals surface area contributed by atoms with Crippen molar-refractivity contribution in [1.29, 1.82) is 0 Å². The summed E-state index contributed by atoms with van der Waals surface area (Å²) in [6.45, 7) is 9.46. The first-order valence-electron chi connectivity index (χ1n) is 10.7. The van der Waals surface area contributed by atoms with Gasteiger partial charge in [-0.1, -0.05) is 20.4 Å². The van der Waals surface area contributed by atoms with Gasteiger partial charge < -0.3 is 14.2 Å². The van der Waals surface area contributed by atoms with Gasteiger partial charge in [-0.25, -0.2) is 4.79 Å². The van der Waals surface area contributed by atoms with Gasteiger partial charge in [0.1, 0.15) is 17.8 Å². The van der Waals surface area contributed by atoms with Gasteiger partial charge in [0, 0.05) is 12.5 Å². The predicted octanol–water partition coefficient (Wildman–Crippen LogP) is 3.72. The van der Waals surface area contributed by atoms with Crippen molar-refractivity contribution < 1.29 is 28.6 Å². The number of carbonyl (C=O) groups excluding carboxylic acids is 3. The first-order valence-corrected chi connectivity index (χ1v) is 10.7. The molecule has 1 aliphatic heterocycles. The van der Waals surface area contributed by atoms with E-state index in [2.05, 4.69) is 6.58 Å². The van der Waals surface area contributed by atoms with Crippen LogP contribution in [0.25, 0.3) is 0 Å². The number of ether oxygens (including phenoxy) is 3. The van der Waals surface area contributed by atoms with E-state index in [0.29, 0.717) is 31.1 Å². The van der Waals surface area contributed by atoms with Gasteiger partial charge in [0.05, 0.1) is 11.8 Å². The Kier molecular flexibility index (Phi) is 4.63. The van der Waals surface area contributed by atoms with Crippen LogP contribution in [0.15, 0.2) is 12.7 Å². The quantitative estimate of drug-likeness (QED) is 0.404. The molecular formula is C23H32O6. The highest BCUT2D eigenvalue weighted by atomic mass is 16.6. The normalized spacial score (nSPS) is 42.5. The van der Waals surface area contributed by atoms with Gasteiger partial charge >= 0.3 is 17.9 Å². The number of cyclic esters (lactones) is 1. The van der Waals surface area contributed by atoms with Crippen LogP contribution in [0.2, 0.25) is 0 Å². The zero-order valence-corrected chi connectivity index (χ0v) is 17.8. The smallest absolute Gasteiger partial charge is 0.330 e. The van der Waals surface area contributed by atoms with Gasteiger partial charge in [0.15, 0.2) is 0 Å². The Bertz CT molecular complexity index is 738. The standard InChI is InChI=1S/C23H32O6/c1-5-17(24)28-23-9-15-6-16(10-23)8-22(7-15,13-23)19(26)29-21(4)12-20(2,3)11-18(25)27-14-21/h5,15-16H,1,6-14H2,2-4H3. The summed E-state index contributed by atoms with van der Waals surface area (Å²) in [7, 11) is 0. The van der Waals surface area contributed by atoms with E-state index in [4.69, 9.17) is 14.2 Å². The molecule has 6 heteroatoms. The average Bonchev–Trinajstić information content (AvgIpc) is 2.67. The van der Waals surface area contributed by atoms with Crippen molar-refractivity contribution in [3.05, 3.63) is 12.7 Å². The van der Waals surface area contributed by atoms with E-state index in [9.17, 15) is 14.4 Å². The van der Waals surface area contributed by atoms with E-state index in [-0.39, 0.29) is 24.0 Å². The van der Waals surface area contributed by atoms with Crippen LogP contribution in [0.4, 0.5) is 0 Å². The molecule has 6 nitrogen and oxygen atoms in total. The fourth-order valence-corrected chi connectivity index (χ4v) is 6.99. The van der Waals surface area contributed by atoms with Crippen LogP contribution >= 0.6 is 0 Å². The van der Waals surface area contributed by atoms with Crippen LogP contribution in [-0.2, 0) is 28.6 Å². The molecule has 3 atom stereocenters. The summed E-state index contributed by atoms with van der Waals surface area (Å²) in [6.07, 6.45) is 6.90. The molecule has 5 fully saturated rings. The third kappa shape index (κ3) is 3.82. The monoisotopic (exact) mass is 404 g/mol. The maximum Gasteiger partial charge on any atom is 0.330 e. The Hall–Kier alpha value is -1.85. The van der Waals surface area contributed by atoms with E-state index in [0.717, 1.165) is 32.1 Å². The maximum atomic E-state index is 13.5. The fraction of sp³-hybridized carbons (Fsp3) is 0.783. The Morgan fingerprint density at radius 3 is 2.34 bits per heavy atom. The summed E-state index contributed by atoms with van der Waals surface area (Å²) in [5.41, 5.74) is -2.34. The van der Waals surface area contributed by atoms with Crippen LogP contribution in [0.3, 0.4) is 0 Å². The molecule has 0 aromatic rings. The molecule has 5 aliphatic rings. The van der Waals surface area contributed by atoms with Crippen LogP contribution in [0.1, 0.15) is 72.1 Å². The maximum absolute atomic E-state index is 13.5. The molecule has 0 radical (unpaired) electrons. The van der Waals surface area contributed by atoms with Crippen molar-refractivity contribution in [3.8, 4) is 0 Å². The molecule has 0 aromatic carbocycles. The minimum absolute atomic E-state index is 0.0839. The number of hydrogen-bond donors (Lipinski definition) is 0. The minimum atomic E-state index is -0.846. The fourth-order valence-electron chi connectivity index (χ4n) is 6.99. The summed E-state index contributed by atoms with van der Waals surface area (Å²) in [4.78, 5) is 37.5. The molecule has 0 amide bonds. The highest BCUT2D eigenvalue weighted by molar-refractivity contribution is 5.82.